The van der Waals surface area contributed by atoms with E-state index in [1.807, 2.05) is 140 Å². The van der Waals surface area contributed by atoms with Crippen molar-refractivity contribution in [2.24, 2.45) is 15.0 Å². The average molecular weight is 2050 g/mol. The molecule has 2 unspecified atom stereocenters. The Morgan fingerprint density at radius 1 is 0.441 bits per heavy atom. The highest BCUT2D eigenvalue weighted by atomic mass is 35.5. The highest BCUT2D eigenvalue weighted by molar-refractivity contribution is 7.16. The summed E-state index contributed by atoms with van der Waals surface area (Å²) in [7, 11) is 0. The number of hydrogen-bond acceptors (Lipinski definition) is 26. The lowest BCUT2D eigenvalue weighted by molar-refractivity contribution is -0.143. The number of ether oxygens (including phenoxy) is 1. The zero-order valence-electron chi connectivity index (χ0n) is 78.7. The smallest absolute Gasteiger partial charge is 0.328 e. The maximum Gasteiger partial charge on any atom is 0.328 e. The number of piperidine rings is 2. The van der Waals surface area contributed by atoms with E-state index >= 15 is 0 Å². The van der Waals surface area contributed by atoms with Crippen LogP contribution >= 0.6 is 68.8 Å². The number of thiophene rings is 3. The summed E-state index contributed by atoms with van der Waals surface area (Å²) in [6.07, 6.45) is 10.7. The summed E-state index contributed by atoms with van der Waals surface area (Å²) in [5.74, 6) is 30.6. The van der Waals surface area contributed by atoms with Crippen molar-refractivity contribution in [2.45, 2.75) is 151 Å². The van der Waals surface area contributed by atoms with Gasteiger partial charge in [0.05, 0.1) is 67.0 Å². The van der Waals surface area contributed by atoms with Crippen LogP contribution in [0.15, 0.2) is 161 Å². The summed E-state index contributed by atoms with van der Waals surface area (Å²) >= 11 is 23.1. The molecule has 2 saturated heterocycles. The predicted octanol–water partition coefficient (Wildman–Crippen LogP) is 12.6. The molecule has 21 rings (SSSR count). The summed E-state index contributed by atoms with van der Waals surface area (Å²) in [6, 6.07) is 31.4. The number of carbonyl (C=O) groups is 9. The van der Waals surface area contributed by atoms with Gasteiger partial charge in [-0.1, -0.05) is 143 Å². The Morgan fingerprint density at radius 2 is 0.779 bits per heavy atom. The molecule has 0 bridgehead atoms. The van der Waals surface area contributed by atoms with Gasteiger partial charge in [0.2, 0.25) is 23.6 Å². The number of fused-ring (bicyclic) bond motifs is 11. The predicted molar refractivity (Wildman–Crippen MR) is 539 cm³/mol. The number of benzene rings is 5. The van der Waals surface area contributed by atoms with Gasteiger partial charge in [0, 0.05) is 115 Å². The SMILES string of the molecule is Cc1c(C#Cc2cnn(CC(=O)O)c2)sc2c1C(c1ccc(Cl)cc1)=N[C@@H](C)c1nnc(C)n1-2.Cc1c(C#Cc2cnn(CC(=O)O)c2)sc2c1C(c1ccc(Cl)cc1)=N[C@@H](C)c1nnc(C)n1-2.Cc1c(C#Cc2cnn(CC(=O)OCC#Cc3cccc4c3CN(C3CCC(=O)NC3=O)C4=O)c2)sc2c1C(c1ccc(Cl)cc1)=N[C@@H](C)c1nnc(C)n1-2.O=C1CCC(N2Cc3c(C#CCO)cccc3C2=O)C(=O)N1. The number of aliphatic hydroxyl groups excluding tert-OH is 1. The molecule has 5 N–H and O–H groups in total. The second-order valence-corrected chi connectivity index (χ2v) is 38.5. The number of aliphatic hydroxyl groups is 1. The Morgan fingerprint density at radius 3 is 1.11 bits per heavy atom. The summed E-state index contributed by atoms with van der Waals surface area (Å²) < 4.78 is 15.7. The first-order valence-electron chi connectivity index (χ1n) is 45.3. The van der Waals surface area contributed by atoms with E-state index in [1.165, 1.54) is 23.8 Å². The Balaban J connectivity index is 0.000000134. The van der Waals surface area contributed by atoms with Crippen LogP contribution in [0.3, 0.4) is 0 Å². The van der Waals surface area contributed by atoms with Crippen molar-refractivity contribution in [1.29, 1.82) is 0 Å². The number of esters is 1. The number of carbonyl (C=O) groups excluding carboxylic acids is 7. The van der Waals surface area contributed by atoms with E-state index in [9.17, 15) is 43.2 Å². The van der Waals surface area contributed by atoms with Gasteiger partial charge >= 0.3 is 17.9 Å². The second-order valence-electron chi connectivity index (χ2n) is 34.2. The highest BCUT2D eigenvalue weighted by Crippen LogP contribution is 2.44. The van der Waals surface area contributed by atoms with Gasteiger partial charge in [-0.3, -0.25) is 96.5 Å². The first-order chi connectivity index (χ1) is 69.8. The molecule has 7 aliphatic rings. The van der Waals surface area contributed by atoms with E-state index in [0.29, 0.717) is 66.0 Å². The van der Waals surface area contributed by atoms with Crippen LogP contribution in [0.2, 0.25) is 15.1 Å². The van der Waals surface area contributed by atoms with Gasteiger partial charge in [0.1, 0.15) is 88.9 Å². The van der Waals surface area contributed by atoms with Gasteiger partial charge in [0.25, 0.3) is 11.8 Å². The average Bonchev–Trinajstić information content (AvgIpc) is 1.59. The van der Waals surface area contributed by atoms with Crippen molar-refractivity contribution in [3.8, 4) is 74.2 Å². The Bertz CT molecular complexity index is 7940. The maximum atomic E-state index is 13.1. The fourth-order valence-electron chi connectivity index (χ4n) is 17.5. The Kier molecular flexibility index (Phi) is 28.6. The molecule has 0 radical (unpaired) electrons. The highest BCUT2D eigenvalue weighted by Gasteiger charge is 2.43. The molecule has 35 nitrogen and oxygen atoms in total. The molecule has 2 fully saturated rings. The minimum Gasteiger partial charge on any atom is -0.480 e. The number of aromatic nitrogens is 15. The zero-order chi connectivity index (χ0) is 102. The fraction of sp³-hybridized carbons (Fsp3) is 0.240. The molecule has 6 amide bonds. The van der Waals surface area contributed by atoms with E-state index in [4.69, 9.17) is 69.8 Å². The van der Waals surface area contributed by atoms with Crippen LogP contribution in [-0.2, 0) is 71.0 Å². The van der Waals surface area contributed by atoms with E-state index in [0.717, 1.165) is 137 Å². The summed E-state index contributed by atoms with van der Waals surface area (Å²) in [5, 5.41) is 74.7. The number of carboxylic acid groups (broad SMARTS) is 2. The number of aliphatic carboxylic acids is 2. The standard InChI is InChI=1S/C40H31ClN8O5S.2C24H19ClN6O2S.C16H14N2O4/c1-22-32(55-40-35(22)36(27-10-12-28(41)13-11-27)43-23(2)37-46-45-24(3)49(37)40)15-9-25-18-42-47(19-25)21-34(51)54-17-5-7-26-6-4-8-29-30(26)20-48(39(29)53)31-14-16-33(50)44-38(31)52;2*1-13-19(9-4-16-10-26-30(11-16)12-20(32)33)34-24-21(13)22(17-5-7-18(25)8-6-17)27-14(2)23-29-28-15(3)31(23)24;19-8-2-4-10-3-1-5-11-12(10)9-18(16(11)22)13-6-7-14(20)17-15(13)21/h4,6,8,10-13,18-19,23,31H,14,16-17,20-21H2,1-3H3,(H,44,50,52);2*5-8,10-11,14H,12H2,1-3H3,(H,32,33);1,3,5,13,19H,6-9H2,(H,17,20,21)/t23-,31?;2*14-;/m000./s1. The monoisotopic (exact) mass is 2050 g/mol. The van der Waals surface area contributed by atoms with Crippen LogP contribution < -0.4 is 10.6 Å². The number of carboxylic acids is 2. The molecule has 0 spiro atoms. The van der Waals surface area contributed by atoms with Crippen LogP contribution in [0.4, 0.5) is 0 Å². The number of aliphatic imine (C=N–C) groups is 3. The van der Waals surface area contributed by atoms with Gasteiger partial charge in [0.15, 0.2) is 24.1 Å². The molecule has 726 valence electrons. The molecule has 145 heavy (non-hydrogen) atoms. The van der Waals surface area contributed by atoms with Crippen molar-refractivity contribution < 1.29 is 63.2 Å². The van der Waals surface area contributed by atoms with E-state index in [1.54, 1.807) is 108 Å². The Hall–Kier alpha value is -16.5. The minimum absolute atomic E-state index is 0.138. The topological polar surface area (TPSA) is 437 Å². The largest absolute Gasteiger partial charge is 0.480 e. The molecule has 5 aromatic carbocycles. The number of imide groups is 2. The number of hydrogen-bond donors (Lipinski definition) is 5. The number of rotatable bonds is 12. The molecule has 9 aromatic heterocycles. The first-order valence-corrected chi connectivity index (χ1v) is 48.9. The van der Waals surface area contributed by atoms with Gasteiger partial charge in [-0.25, -0.2) is 0 Å². The molecule has 0 aliphatic carbocycles. The van der Waals surface area contributed by atoms with Crippen molar-refractivity contribution in [2.75, 3.05) is 13.2 Å². The second kappa shape index (κ2) is 42.0. The lowest BCUT2D eigenvalue weighted by Gasteiger charge is -2.29. The number of aryl methyl sites for hydroxylation is 3. The number of nitrogens with zero attached hydrogens (tertiary/aromatic N) is 20. The van der Waals surface area contributed by atoms with Gasteiger partial charge < -0.3 is 29.9 Å². The van der Waals surface area contributed by atoms with Crippen LogP contribution in [0.1, 0.15) is 224 Å². The van der Waals surface area contributed by atoms with Crippen molar-refractivity contribution >= 4 is 139 Å². The third kappa shape index (κ3) is 20.7. The van der Waals surface area contributed by atoms with Crippen LogP contribution in [0.25, 0.3) is 15.0 Å². The summed E-state index contributed by atoms with van der Waals surface area (Å²) in [5.41, 5.74) is 17.0. The first kappa shape index (κ1) is 98.7. The summed E-state index contributed by atoms with van der Waals surface area (Å²) in [4.78, 5) is 128. The molecule has 14 aromatic rings. The van der Waals surface area contributed by atoms with Gasteiger partial charge in [-0.2, -0.15) is 15.3 Å². The number of nitrogens with one attached hydrogen (secondary N) is 2. The Labute approximate surface area is 855 Å². The lowest BCUT2D eigenvalue weighted by atomic mass is 9.99. The minimum atomic E-state index is -0.955. The molecule has 16 heterocycles. The quantitative estimate of drug-likeness (QED) is 0.0431. The van der Waals surface area contributed by atoms with E-state index in [-0.39, 0.29) is 107 Å². The van der Waals surface area contributed by atoms with Crippen molar-refractivity contribution in [3.63, 3.8) is 0 Å². The number of halogens is 3. The molecular formula is C104H83Cl3N22O13S3. The molecule has 5 atom stereocenters. The summed E-state index contributed by atoms with van der Waals surface area (Å²) in [6.45, 7) is 17.4. The third-order valence-corrected chi connectivity index (χ3v) is 28.8. The van der Waals surface area contributed by atoms with Crippen LogP contribution in [0.5, 0.6) is 0 Å². The van der Waals surface area contributed by atoms with Gasteiger partial charge in [-0.15, -0.1) is 64.6 Å². The lowest BCUT2D eigenvalue weighted by Crippen LogP contribution is -2.52. The van der Waals surface area contributed by atoms with E-state index < -0.39 is 41.8 Å². The molecule has 0 saturated carbocycles. The fourth-order valence-corrected chi connectivity index (χ4v) is 21.5. The van der Waals surface area contributed by atoms with Crippen molar-refractivity contribution in [1.82, 2.24) is 94.1 Å². The number of amides is 6. The van der Waals surface area contributed by atoms with Crippen LogP contribution in [-0.4, -0.2) is 195 Å². The zero-order valence-corrected chi connectivity index (χ0v) is 83.5. The van der Waals surface area contributed by atoms with E-state index in [2.05, 4.69) is 125 Å². The van der Waals surface area contributed by atoms with Gasteiger partial charge in [-0.05, 0) is 164 Å². The normalized spacial score (nSPS) is 16.4. The van der Waals surface area contributed by atoms with Crippen molar-refractivity contribution in [3.05, 3.63) is 311 Å². The molecular weight excluding hydrogens is 1970 g/mol. The third-order valence-electron chi connectivity index (χ3n) is 24.4. The molecule has 41 heteroatoms. The maximum absolute atomic E-state index is 13.1. The van der Waals surface area contributed by atoms with Crippen LogP contribution in [0, 0.1) is 101 Å². The molecule has 7 aliphatic heterocycles.